The molecule has 1 fully saturated rings. The Morgan fingerprint density at radius 3 is 2.94 bits per heavy atom. The minimum Gasteiger partial charge on any atom is -0.497 e. The van der Waals surface area contributed by atoms with Crippen LogP contribution < -0.4 is 4.74 Å². The summed E-state index contributed by atoms with van der Waals surface area (Å²) in [6.45, 7) is 2.59. The lowest BCUT2D eigenvalue weighted by atomic mass is 9.79. The van der Waals surface area contributed by atoms with Crippen LogP contribution in [0, 0.1) is 11.8 Å². The number of carbonyl (C=O) groups is 1. The number of benzene rings is 1. The molecule has 1 aliphatic rings. The summed E-state index contributed by atoms with van der Waals surface area (Å²) in [5.41, 5.74) is 1.36. The van der Waals surface area contributed by atoms with Gasteiger partial charge in [-0.05, 0) is 92.6 Å². The van der Waals surface area contributed by atoms with Gasteiger partial charge in [-0.2, -0.15) is 5.10 Å². The van der Waals surface area contributed by atoms with Gasteiger partial charge in [0.25, 0.3) is 0 Å². The Hall–Kier alpha value is -2.78. The fraction of sp³-hybridized carbons (Fsp3) is 0.481. The van der Waals surface area contributed by atoms with Crippen molar-refractivity contribution in [1.29, 1.82) is 0 Å². The van der Waals surface area contributed by atoms with Crippen LogP contribution in [0.2, 0.25) is 0 Å². The summed E-state index contributed by atoms with van der Waals surface area (Å²) in [6, 6.07) is 11.1. The van der Waals surface area contributed by atoms with E-state index in [0.29, 0.717) is 24.2 Å². The summed E-state index contributed by atoms with van der Waals surface area (Å²) in [5.74, 6) is 1.07. The summed E-state index contributed by atoms with van der Waals surface area (Å²) in [4.78, 5) is 18.3. The molecule has 0 bridgehead atoms. The van der Waals surface area contributed by atoms with Gasteiger partial charge < -0.3 is 14.7 Å². The van der Waals surface area contributed by atoms with E-state index in [1.54, 1.807) is 37.3 Å². The number of alkyl halides is 1. The molecule has 2 aromatic heterocycles. The van der Waals surface area contributed by atoms with Gasteiger partial charge in [-0.15, -0.1) is 16.9 Å². The van der Waals surface area contributed by atoms with Gasteiger partial charge in [0.05, 0.1) is 12.6 Å². The molecule has 1 N–H and O–H groups in total. The van der Waals surface area contributed by atoms with Crippen molar-refractivity contribution in [1.82, 2.24) is 20.1 Å². The van der Waals surface area contributed by atoms with Crippen LogP contribution in [-0.2, 0) is 4.79 Å². The lowest BCUT2D eigenvalue weighted by Gasteiger charge is -2.38. The molecule has 3 aromatic rings. The van der Waals surface area contributed by atoms with Gasteiger partial charge in [0.2, 0.25) is 0 Å². The van der Waals surface area contributed by atoms with Crippen molar-refractivity contribution in [3.8, 4) is 5.75 Å². The number of halogens is 1. The zero-order chi connectivity index (χ0) is 25.3. The van der Waals surface area contributed by atoms with E-state index in [9.17, 15) is 9.90 Å². The van der Waals surface area contributed by atoms with Crippen molar-refractivity contribution >= 4 is 28.6 Å². The second-order valence-electron chi connectivity index (χ2n) is 9.30. The number of carboxylic acids is 1. The smallest absolute Gasteiger partial charge is 0.303 e. The largest absolute Gasteiger partial charge is 0.497 e. The van der Waals surface area contributed by atoms with E-state index in [1.165, 1.54) is 0 Å². The molecule has 0 radical (unpaired) electrons. The highest BCUT2D eigenvalue weighted by atomic mass is 32.2. The number of thioether (sulfide) groups is 1. The Labute approximate surface area is 215 Å². The van der Waals surface area contributed by atoms with E-state index < -0.39 is 12.1 Å². The average molecular weight is 513 g/mol. The normalized spacial score (nSPS) is 19.3. The molecule has 0 saturated carbocycles. The van der Waals surface area contributed by atoms with Gasteiger partial charge in [0.1, 0.15) is 16.9 Å². The molecule has 36 heavy (non-hydrogen) atoms. The second kappa shape index (κ2) is 13.0. The minimum absolute atomic E-state index is 0.0328. The molecule has 3 heterocycles. The molecule has 1 saturated heterocycles. The summed E-state index contributed by atoms with van der Waals surface area (Å²) in [5, 5.41) is 19.2. The zero-order valence-corrected chi connectivity index (χ0v) is 21.4. The Balaban J connectivity index is 1.31. The average Bonchev–Trinajstić information content (AvgIpc) is 2.90. The van der Waals surface area contributed by atoms with E-state index >= 15 is 4.39 Å². The fourth-order valence-corrected chi connectivity index (χ4v) is 5.85. The van der Waals surface area contributed by atoms with E-state index in [-0.39, 0.29) is 18.3 Å². The summed E-state index contributed by atoms with van der Waals surface area (Å²) in [6.07, 6.45) is 5.23. The third-order valence-corrected chi connectivity index (χ3v) is 7.95. The lowest BCUT2D eigenvalue weighted by Crippen LogP contribution is -2.42. The SMILES string of the molecule is COc1ccc2nccc([C@@H](F)CC[C@@H]3CCN(CCCSc4cccnn4)C[C@@H]3CC(=O)O)c2c1. The van der Waals surface area contributed by atoms with E-state index in [0.717, 1.165) is 54.2 Å². The Bertz CT molecular complexity index is 1140. The van der Waals surface area contributed by atoms with Crippen LogP contribution in [0.5, 0.6) is 5.75 Å². The number of ether oxygens (including phenoxy) is 1. The van der Waals surface area contributed by atoms with Gasteiger partial charge >= 0.3 is 5.97 Å². The summed E-state index contributed by atoms with van der Waals surface area (Å²) >= 11 is 1.68. The number of aromatic nitrogens is 3. The van der Waals surface area contributed by atoms with Crippen LogP contribution >= 0.6 is 11.8 Å². The molecule has 0 aliphatic carbocycles. The van der Waals surface area contributed by atoms with Crippen LogP contribution in [0.25, 0.3) is 10.9 Å². The predicted molar refractivity (Wildman–Crippen MR) is 139 cm³/mol. The van der Waals surface area contributed by atoms with Crippen molar-refractivity contribution in [2.45, 2.75) is 43.3 Å². The molecule has 1 aromatic carbocycles. The Morgan fingerprint density at radius 1 is 1.28 bits per heavy atom. The predicted octanol–water partition coefficient (Wildman–Crippen LogP) is 5.42. The number of rotatable bonds is 12. The van der Waals surface area contributed by atoms with Crippen molar-refractivity contribution in [3.05, 3.63) is 54.4 Å². The zero-order valence-electron chi connectivity index (χ0n) is 20.6. The number of nitrogens with zero attached hydrogens (tertiary/aromatic N) is 4. The molecule has 0 spiro atoms. The highest BCUT2D eigenvalue weighted by Crippen LogP contribution is 2.36. The molecule has 7 nitrogen and oxygen atoms in total. The molecule has 1 aliphatic heterocycles. The first-order valence-corrected chi connectivity index (χ1v) is 13.4. The van der Waals surface area contributed by atoms with Crippen LogP contribution in [-0.4, -0.2) is 63.7 Å². The van der Waals surface area contributed by atoms with Crippen molar-refractivity contribution < 1.29 is 19.0 Å². The number of hydrogen-bond acceptors (Lipinski definition) is 7. The molecule has 4 rings (SSSR count). The Kier molecular flexibility index (Phi) is 9.47. The van der Waals surface area contributed by atoms with E-state index in [1.807, 2.05) is 30.3 Å². The second-order valence-corrected chi connectivity index (χ2v) is 10.4. The number of methoxy groups -OCH3 is 1. The molecule has 0 unspecified atom stereocenters. The number of fused-ring (bicyclic) bond motifs is 1. The van der Waals surface area contributed by atoms with Gasteiger partial charge in [-0.1, -0.05) is 0 Å². The third-order valence-electron chi connectivity index (χ3n) is 6.94. The van der Waals surface area contributed by atoms with Crippen LogP contribution in [0.1, 0.15) is 43.8 Å². The van der Waals surface area contributed by atoms with Crippen molar-refractivity contribution in [2.24, 2.45) is 11.8 Å². The maximum Gasteiger partial charge on any atom is 0.303 e. The first-order chi connectivity index (χ1) is 17.5. The lowest BCUT2D eigenvalue weighted by molar-refractivity contribution is -0.139. The molecule has 3 atom stereocenters. The maximum atomic E-state index is 15.5. The minimum atomic E-state index is -1.13. The van der Waals surface area contributed by atoms with Crippen molar-refractivity contribution in [2.75, 3.05) is 32.5 Å². The highest BCUT2D eigenvalue weighted by Gasteiger charge is 2.31. The highest BCUT2D eigenvalue weighted by molar-refractivity contribution is 7.99. The number of hydrogen-bond donors (Lipinski definition) is 1. The molecule has 0 amide bonds. The maximum absolute atomic E-state index is 15.5. The van der Waals surface area contributed by atoms with Crippen LogP contribution in [0.4, 0.5) is 4.39 Å². The third kappa shape index (κ3) is 7.13. The monoisotopic (exact) mass is 512 g/mol. The molecule has 9 heteroatoms. The van der Waals surface area contributed by atoms with Gasteiger partial charge in [-0.3, -0.25) is 9.78 Å². The number of piperidine rings is 1. The number of pyridine rings is 1. The first-order valence-electron chi connectivity index (χ1n) is 12.4. The van der Waals surface area contributed by atoms with Gasteiger partial charge in [0, 0.05) is 36.5 Å². The number of aliphatic carboxylic acids is 1. The standard InChI is InChI=1S/C27H33FN4O3S/c1-35-21-6-8-25-23(17-21)22(9-12-29-25)24(28)7-5-19-10-14-32(18-20(19)16-27(33)34)13-3-15-36-26-4-2-11-30-31-26/h2,4,6,8-9,11-12,17,19-20,24H,3,5,7,10,13-16,18H2,1H3,(H,33,34)/t19-,20+,24+/m1/s1. The van der Waals surface area contributed by atoms with Crippen LogP contribution in [0.3, 0.4) is 0 Å². The van der Waals surface area contributed by atoms with Gasteiger partial charge in [-0.25, -0.2) is 4.39 Å². The Morgan fingerprint density at radius 2 is 2.17 bits per heavy atom. The molecular weight excluding hydrogens is 479 g/mol. The summed E-state index contributed by atoms with van der Waals surface area (Å²) < 4.78 is 20.8. The molecule has 192 valence electrons. The quantitative estimate of drug-likeness (QED) is 0.254. The van der Waals surface area contributed by atoms with Gasteiger partial charge in [0.15, 0.2) is 0 Å². The van der Waals surface area contributed by atoms with Crippen molar-refractivity contribution in [3.63, 3.8) is 0 Å². The number of carboxylic acid groups (broad SMARTS) is 1. The fourth-order valence-electron chi connectivity index (χ4n) is 5.09. The van der Waals surface area contributed by atoms with E-state index in [4.69, 9.17) is 4.74 Å². The topological polar surface area (TPSA) is 88.4 Å². The number of likely N-dealkylation sites (tertiary alicyclic amines) is 1. The first kappa shape index (κ1) is 26.3. The summed E-state index contributed by atoms with van der Waals surface area (Å²) in [7, 11) is 1.59. The van der Waals surface area contributed by atoms with E-state index in [2.05, 4.69) is 20.1 Å². The molecular formula is C27H33FN4O3S. The van der Waals surface area contributed by atoms with Crippen LogP contribution in [0.15, 0.2) is 53.8 Å².